The maximum atomic E-state index is 12.1. The fourth-order valence-corrected chi connectivity index (χ4v) is 2.75. The SMILES string of the molecule is CN(C)C(=O)c1cc(NS(=O)(=O)c2cn[nH]c2)ccc1Cl. The van der Waals surface area contributed by atoms with Gasteiger partial charge in [0.05, 0.1) is 16.8 Å². The molecule has 0 aliphatic rings. The number of nitrogens with zero attached hydrogens (tertiary/aromatic N) is 2. The summed E-state index contributed by atoms with van der Waals surface area (Å²) in [6.45, 7) is 0. The Labute approximate surface area is 127 Å². The second-order valence-corrected chi connectivity index (χ2v) is 6.52. The number of sulfonamides is 1. The largest absolute Gasteiger partial charge is 0.345 e. The van der Waals surface area contributed by atoms with Crippen molar-refractivity contribution in [2.45, 2.75) is 4.90 Å². The summed E-state index contributed by atoms with van der Waals surface area (Å²) < 4.78 is 26.5. The summed E-state index contributed by atoms with van der Waals surface area (Å²) in [5.41, 5.74) is 0.458. The van der Waals surface area contributed by atoms with Gasteiger partial charge in [-0.1, -0.05) is 11.6 Å². The van der Waals surface area contributed by atoms with E-state index in [9.17, 15) is 13.2 Å². The van der Waals surface area contributed by atoms with Crippen molar-refractivity contribution >= 4 is 33.2 Å². The molecule has 7 nitrogen and oxygen atoms in total. The number of amides is 1. The number of carbonyl (C=O) groups excluding carboxylic acids is 1. The Kier molecular flexibility index (Phi) is 4.19. The van der Waals surface area contributed by atoms with Crippen molar-refractivity contribution in [2.24, 2.45) is 0 Å². The van der Waals surface area contributed by atoms with Crippen molar-refractivity contribution < 1.29 is 13.2 Å². The first-order valence-corrected chi connectivity index (χ1v) is 7.70. The van der Waals surface area contributed by atoms with E-state index < -0.39 is 10.0 Å². The standard InChI is InChI=1S/C12H13ClN4O3S/c1-17(2)12(18)10-5-8(3-4-11(10)13)16-21(19,20)9-6-14-15-7-9/h3-7,16H,1-2H3,(H,14,15). The molecule has 2 aromatic rings. The van der Waals surface area contributed by atoms with Crippen LogP contribution in [-0.4, -0.2) is 43.5 Å². The van der Waals surface area contributed by atoms with E-state index in [1.807, 2.05) is 0 Å². The Bertz CT molecular complexity index is 757. The van der Waals surface area contributed by atoms with Gasteiger partial charge < -0.3 is 4.90 Å². The van der Waals surface area contributed by atoms with Crippen molar-refractivity contribution in [3.8, 4) is 0 Å². The predicted octanol–water partition coefficient (Wildman–Crippen LogP) is 1.57. The number of benzene rings is 1. The minimum atomic E-state index is -3.76. The third-order valence-electron chi connectivity index (χ3n) is 2.64. The second kappa shape index (κ2) is 5.74. The molecule has 0 atom stereocenters. The van der Waals surface area contributed by atoms with Gasteiger partial charge in [0.1, 0.15) is 4.90 Å². The summed E-state index contributed by atoms with van der Waals surface area (Å²) in [4.78, 5) is 13.3. The smallest absolute Gasteiger partial charge is 0.265 e. The lowest BCUT2D eigenvalue weighted by Crippen LogP contribution is -2.22. The molecule has 0 saturated carbocycles. The topological polar surface area (TPSA) is 95.2 Å². The zero-order chi connectivity index (χ0) is 15.6. The minimum Gasteiger partial charge on any atom is -0.345 e. The first kappa shape index (κ1) is 15.3. The molecule has 0 aliphatic heterocycles. The summed E-state index contributed by atoms with van der Waals surface area (Å²) in [6.07, 6.45) is 2.44. The molecule has 0 aliphatic carbocycles. The molecule has 0 saturated heterocycles. The maximum Gasteiger partial charge on any atom is 0.265 e. The number of nitrogens with one attached hydrogen (secondary N) is 2. The molecule has 2 N–H and O–H groups in total. The van der Waals surface area contributed by atoms with Gasteiger partial charge in [0.2, 0.25) is 0 Å². The predicted molar refractivity (Wildman–Crippen MR) is 78.9 cm³/mol. The second-order valence-electron chi connectivity index (χ2n) is 4.43. The van der Waals surface area contributed by atoms with Crippen LogP contribution in [0.2, 0.25) is 5.02 Å². The molecule has 2 rings (SSSR count). The van der Waals surface area contributed by atoms with E-state index in [-0.39, 0.29) is 27.1 Å². The van der Waals surface area contributed by atoms with E-state index in [0.29, 0.717) is 0 Å². The van der Waals surface area contributed by atoms with Gasteiger partial charge in [-0.3, -0.25) is 14.6 Å². The van der Waals surface area contributed by atoms with Gasteiger partial charge in [-0.05, 0) is 18.2 Å². The number of H-pyrrole nitrogens is 1. The van der Waals surface area contributed by atoms with Gasteiger partial charge in [0, 0.05) is 26.0 Å². The quantitative estimate of drug-likeness (QED) is 0.890. The molecular weight excluding hydrogens is 316 g/mol. The first-order chi connectivity index (χ1) is 9.81. The number of carbonyl (C=O) groups is 1. The van der Waals surface area contributed by atoms with Gasteiger partial charge in [-0.25, -0.2) is 8.42 Å². The van der Waals surface area contributed by atoms with Gasteiger partial charge in [-0.15, -0.1) is 0 Å². The van der Waals surface area contributed by atoms with Crippen molar-refractivity contribution in [3.63, 3.8) is 0 Å². The van der Waals surface area contributed by atoms with Crippen LogP contribution >= 0.6 is 11.6 Å². The lowest BCUT2D eigenvalue weighted by atomic mass is 10.2. The first-order valence-electron chi connectivity index (χ1n) is 5.84. The van der Waals surface area contributed by atoms with Crippen LogP contribution in [0.5, 0.6) is 0 Å². The third-order valence-corrected chi connectivity index (χ3v) is 4.32. The average molecular weight is 329 g/mol. The van der Waals surface area contributed by atoms with E-state index >= 15 is 0 Å². The Morgan fingerprint density at radius 2 is 2.10 bits per heavy atom. The molecule has 0 fully saturated rings. The molecule has 0 spiro atoms. The zero-order valence-corrected chi connectivity index (χ0v) is 12.9. The Balaban J connectivity index is 2.34. The number of hydrogen-bond donors (Lipinski definition) is 2. The fourth-order valence-electron chi connectivity index (χ4n) is 1.59. The lowest BCUT2D eigenvalue weighted by Gasteiger charge is -2.13. The molecule has 0 radical (unpaired) electrons. The summed E-state index contributed by atoms with van der Waals surface area (Å²) in [5.74, 6) is -0.315. The monoisotopic (exact) mass is 328 g/mol. The fraction of sp³-hybridized carbons (Fsp3) is 0.167. The molecule has 1 heterocycles. The van der Waals surface area contributed by atoms with Crippen LogP contribution in [0, 0.1) is 0 Å². The number of aromatic amines is 1. The van der Waals surface area contributed by atoms with Crippen LogP contribution in [0.4, 0.5) is 5.69 Å². The Hall–Kier alpha value is -2.06. The van der Waals surface area contributed by atoms with Crippen LogP contribution in [0.1, 0.15) is 10.4 Å². The van der Waals surface area contributed by atoms with Gasteiger partial charge in [0.15, 0.2) is 0 Å². The molecule has 112 valence electrons. The molecule has 0 unspecified atom stereocenters. The highest BCUT2D eigenvalue weighted by molar-refractivity contribution is 7.92. The molecule has 9 heteroatoms. The highest BCUT2D eigenvalue weighted by atomic mass is 35.5. The molecule has 1 aromatic carbocycles. The van der Waals surface area contributed by atoms with Crippen LogP contribution in [-0.2, 0) is 10.0 Å². The van der Waals surface area contributed by atoms with Crippen molar-refractivity contribution in [3.05, 3.63) is 41.2 Å². The number of aromatic nitrogens is 2. The van der Waals surface area contributed by atoms with Gasteiger partial charge in [0.25, 0.3) is 15.9 Å². The third kappa shape index (κ3) is 3.34. The Morgan fingerprint density at radius 1 is 1.38 bits per heavy atom. The highest BCUT2D eigenvalue weighted by Crippen LogP contribution is 2.23. The van der Waals surface area contributed by atoms with Crippen LogP contribution in [0.25, 0.3) is 0 Å². The molecule has 1 amide bonds. The summed E-state index contributed by atoms with van der Waals surface area (Å²) in [5, 5.41) is 6.26. The average Bonchev–Trinajstić information content (AvgIpc) is 2.94. The van der Waals surface area contributed by atoms with E-state index in [1.165, 1.54) is 35.5 Å². The van der Waals surface area contributed by atoms with Crippen LogP contribution < -0.4 is 4.72 Å². The molecule has 21 heavy (non-hydrogen) atoms. The van der Waals surface area contributed by atoms with Crippen LogP contribution in [0.3, 0.4) is 0 Å². The van der Waals surface area contributed by atoms with Gasteiger partial charge >= 0.3 is 0 Å². The van der Waals surface area contributed by atoms with E-state index in [1.54, 1.807) is 14.1 Å². The van der Waals surface area contributed by atoms with Crippen LogP contribution in [0.15, 0.2) is 35.5 Å². The number of halogens is 1. The summed E-state index contributed by atoms with van der Waals surface area (Å²) >= 11 is 5.97. The summed E-state index contributed by atoms with van der Waals surface area (Å²) in [7, 11) is -0.589. The van der Waals surface area contributed by atoms with E-state index in [0.717, 1.165) is 0 Å². The molecule has 1 aromatic heterocycles. The highest BCUT2D eigenvalue weighted by Gasteiger charge is 2.18. The van der Waals surface area contributed by atoms with E-state index in [2.05, 4.69) is 14.9 Å². The number of hydrogen-bond acceptors (Lipinski definition) is 4. The zero-order valence-electron chi connectivity index (χ0n) is 11.3. The number of rotatable bonds is 4. The van der Waals surface area contributed by atoms with Crippen molar-refractivity contribution in [2.75, 3.05) is 18.8 Å². The molecule has 0 bridgehead atoms. The normalized spacial score (nSPS) is 11.2. The molecular formula is C12H13ClN4O3S. The van der Waals surface area contributed by atoms with Crippen molar-refractivity contribution in [1.29, 1.82) is 0 Å². The minimum absolute atomic E-state index is 0.00191. The van der Waals surface area contributed by atoms with Gasteiger partial charge in [-0.2, -0.15) is 5.10 Å². The Morgan fingerprint density at radius 3 is 2.67 bits per heavy atom. The number of anilines is 1. The maximum absolute atomic E-state index is 12.1. The summed E-state index contributed by atoms with van der Waals surface area (Å²) in [6, 6.07) is 4.33. The lowest BCUT2D eigenvalue weighted by molar-refractivity contribution is 0.0828. The van der Waals surface area contributed by atoms with Crippen molar-refractivity contribution in [1.82, 2.24) is 15.1 Å². The van der Waals surface area contributed by atoms with E-state index in [4.69, 9.17) is 11.6 Å².